The summed E-state index contributed by atoms with van der Waals surface area (Å²) >= 11 is 0. The lowest BCUT2D eigenvalue weighted by molar-refractivity contribution is -0.122. The van der Waals surface area contributed by atoms with Gasteiger partial charge in [0.1, 0.15) is 0 Å². The smallest absolute Gasteiger partial charge is 0.233 e. The van der Waals surface area contributed by atoms with E-state index in [1.54, 1.807) is 7.05 Å². The summed E-state index contributed by atoms with van der Waals surface area (Å²) in [7, 11) is 1.67. The molecule has 0 unspecified atom stereocenters. The Morgan fingerprint density at radius 1 is 1.29 bits per heavy atom. The molecule has 5 nitrogen and oxygen atoms in total. The first kappa shape index (κ1) is 11.4. The largest absolute Gasteiger partial charge is 0.358 e. The van der Waals surface area contributed by atoms with E-state index >= 15 is 0 Å². The van der Waals surface area contributed by atoms with E-state index in [9.17, 15) is 4.79 Å². The van der Waals surface area contributed by atoms with Gasteiger partial charge < -0.3 is 11.1 Å². The minimum Gasteiger partial charge on any atom is -0.358 e. The number of carbonyl (C=O) groups is 1. The van der Waals surface area contributed by atoms with Crippen LogP contribution < -0.4 is 11.1 Å². The highest BCUT2D eigenvalue weighted by Crippen LogP contribution is 1.99. The molecule has 1 heterocycles. The summed E-state index contributed by atoms with van der Waals surface area (Å²) in [4.78, 5) is 15.6. The first-order valence-corrected chi connectivity index (χ1v) is 5.11. The summed E-state index contributed by atoms with van der Waals surface area (Å²) in [5.41, 5.74) is 5.48. The van der Waals surface area contributed by atoms with Crippen molar-refractivity contribution in [2.24, 2.45) is 5.73 Å². The molecule has 1 aliphatic rings. The van der Waals surface area contributed by atoms with Crippen LogP contribution in [0.1, 0.15) is 0 Å². The molecule has 0 aromatic carbocycles. The second-order valence-electron chi connectivity index (χ2n) is 3.58. The van der Waals surface area contributed by atoms with Gasteiger partial charge in [-0.25, -0.2) is 0 Å². The van der Waals surface area contributed by atoms with Crippen molar-refractivity contribution < 1.29 is 4.79 Å². The van der Waals surface area contributed by atoms with E-state index in [1.807, 2.05) is 0 Å². The van der Waals surface area contributed by atoms with Gasteiger partial charge >= 0.3 is 0 Å². The predicted octanol–water partition coefficient (Wildman–Crippen LogP) is -1.69. The molecule has 3 N–H and O–H groups in total. The van der Waals surface area contributed by atoms with E-state index in [2.05, 4.69) is 15.1 Å². The van der Waals surface area contributed by atoms with Crippen LogP contribution in [-0.4, -0.2) is 68.6 Å². The summed E-state index contributed by atoms with van der Waals surface area (Å²) in [6, 6.07) is 0. The molecule has 0 atom stereocenters. The van der Waals surface area contributed by atoms with Crippen molar-refractivity contribution in [3.8, 4) is 0 Å². The van der Waals surface area contributed by atoms with Gasteiger partial charge in [0.25, 0.3) is 0 Å². The molecule has 0 aromatic heterocycles. The van der Waals surface area contributed by atoms with Gasteiger partial charge in [-0.05, 0) is 0 Å². The highest BCUT2D eigenvalue weighted by atomic mass is 16.1. The fourth-order valence-corrected chi connectivity index (χ4v) is 1.64. The summed E-state index contributed by atoms with van der Waals surface area (Å²) in [6.45, 7) is 6.18. The molecule has 14 heavy (non-hydrogen) atoms. The number of amides is 1. The Morgan fingerprint density at radius 2 is 1.86 bits per heavy atom. The SMILES string of the molecule is CNC(=O)CN1CCN(CCN)CC1. The van der Waals surface area contributed by atoms with Gasteiger partial charge in [-0.15, -0.1) is 0 Å². The third-order valence-electron chi connectivity index (χ3n) is 2.56. The Kier molecular flexibility index (Phi) is 4.86. The molecule has 5 heteroatoms. The summed E-state index contributed by atoms with van der Waals surface area (Å²) < 4.78 is 0. The molecular weight excluding hydrogens is 180 g/mol. The summed E-state index contributed by atoms with van der Waals surface area (Å²) in [5, 5.41) is 2.63. The molecule has 0 aliphatic carbocycles. The number of likely N-dealkylation sites (N-methyl/N-ethyl adjacent to an activating group) is 1. The Bertz CT molecular complexity index is 178. The topological polar surface area (TPSA) is 61.6 Å². The predicted molar refractivity (Wildman–Crippen MR) is 56.0 cm³/mol. The molecule has 1 rings (SSSR count). The number of rotatable bonds is 4. The maximum Gasteiger partial charge on any atom is 0.233 e. The number of hydrogen-bond donors (Lipinski definition) is 2. The standard InChI is InChI=1S/C9H20N4O/c1-11-9(14)8-13-6-4-12(3-2-10)5-7-13/h2-8,10H2,1H3,(H,11,14). The van der Waals surface area contributed by atoms with Crippen LogP contribution in [0.3, 0.4) is 0 Å². The minimum absolute atomic E-state index is 0.0947. The van der Waals surface area contributed by atoms with Crippen molar-refractivity contribution in [1.29, 1.82) is 0 Å². The van der Waals surface area contributed by atoms with Crippen molar-refractivity contribution in [2.75, 3.05) is 52.9 Å². The van der Waals surface area contributed by atoms with Gasteiger partial charge in [-0.2, -0.15) is 0 Å². The van der Waals surface area contributed by atoms with E-state index in [1.165, 1.54) is 0 Å². The van der Waals surface area contributed by atoms with Crippen molar-refractivity contribution in [3.05, 3.63) is 0 Å². The molecule has 0 aromatic rings. The van der Waals surface area contributed by atoms with Crippen molar-refractivity contribution in [3.63, 3.8) is 0 Å². The Labute approximate surface area is 85.2 Å². The van der Waals surface area contributed by atoms with E-state index in [-0.39, 0.29) is 5.91 Å². The molecule has 1 amide bonds. The normalized spacial score (nSPS) is 19.6. The Balaban J connectivity index is 2.18. The van der Waals surface area contributed by atoms with E-state index in [0.29, 0.717) is 6.54 Å². The second kappa shape index (κ2) is 5.95. The lowest BCUT2D eigenvalue weighted by Gasteiger charge is -2.33. The van der Waals surface area contributed by atoms with Gasteiger partial charge in [-0.3, -0.25) is 14.6 Å². The number of piperazine rings is 1. The minimum atomic E-state index is 0.0947. The van der Waals surface area contributed by atoms with Crippen LogP contribution in [0.2, 0.25) is 0 Å². The third-order valence-corrected chi connectivity index (χ3v) is 2.56. The lowest BCUT2D eigenvalue weighted by atomic mass is 10.3. The van der Waals surface area contributed by atoms with E-state index in [4.69, 9.17) is 5.73 Å². The van der Waals surface area contributed by atoms with Crippen LogP contribution in [0, 0.1) is 0 Å². The second-order valence-corrected chi connectivity index (χ2v) is 3.58. The molecule has 1 aliphatic heterocycles. The zero-order valence-corrected chi connectivity index (χ0v) is 8.83. The zero-order chi connectivity index (χ0) is 10.4. The van der Waals surface area contributed by atoms with E-state index in [0.717, 1.165) is 39.3 Å². The highest BCUT2D eigenvalue weighted by molar-refractivity contribution is 5.77. The summed E-state index contributed by atoms with van der Waals surface area (Å²) in [6.07, 6.45) is 0. The fourth-order valence-electron chi connectivity index (χ4n) is 1.64. The van der Waals surface area contributed by atoms with Crippen LogP contribution in [0.5, 0.6) is 0 Å². The number of nitrogens with one attached hydrogen (secondary N) is 1. The molecule has 82 valence electrons. The fraction of sp³-hybridized carbons (Fsp3) is 0.889. The molecular formula is C9H20N4O. The van der Waals surface area contributed by atoms with Crippen LogP contribution >= 0.6 is 0 Å². The lowest BCUT2D eigenvalue weighted by Crippen LogP contribution is -2.50. The van der Waals surface area contributed by atoms with Crippen molar-refractivity contribution in [1.82, 2.24) is 15.1 Å². The van der Waals surface area contributed by atoms with Crippen LogP contribution in [0.15, 0.2) is 0 Å². The molecule has 0 bridgehead atoms. The Morgan fingerprint density at radius 3 is 2.36 bits per heavy atom. The van der Waals surface area contributed by atoms with Crippen LogP contribution in [0.4, 0.5) is 0 Å². The van der Waals surface area contributed by atoms with Gasteiger partial charge in [0.15, 0.2) is 0 Å². The number of hydrogen-bond acceptors (Lipinski definition) is 4. The highest BCUT2D eigenvalue weighted by Gasteiger charge is 2.17. The first-order valence-electron chi connectivity index (χ1n) is 5.11. The summed E-state index contributed by atoms with van der Waals surface area (Å²) in [5.74, 6) is 0.0947. The average Bonchev–Trinajstić information content (AvgIpc) is 2.21. The molecule has 0 radical (unpaired) electrons. The number of nitrogens with two attached hydrogens (primary N) is 1. The van der Waals surface area contributed by atoms with Crippen LogP contribution in [0.25, 0.3) is 0 Å². The molecule has 1 saturated heterocycles. The van der Waals surface area contributed by atoms with Crippen molar-refractivity contribution >= 4 is 5.91 Å². The van der Waals surface area contributed by atoms with Gasteiger partial charge in [-0.1, -0.05) is 0 Å². The number of nitrogens with zero attached hydrogens (tertiary/aromatic N) is 2. The van der Waals surface area contributed by atoms with Gasteiger partial charge in [0.05, 0.1) is 6.54 Å². The molecule has 0 spiro atoms. The first-order chi connectivity index (χ1) is 6.76. The molecule has 1 fully saturated rings. The Hall–Kier alpha value is -0.650. The third kappa shape index (κ3) is 3.61. The van der Waals surface area contributed by atoms with Gasteiger partial charge in [0, 0.05) is 46.3 Å². The van der Waals surface area contributed by atoms with E-state index < -0.39 is 0 Å². The zero-order valence-electron chi connectivity index (χ0n) is 8.83. The van der Waals surface area contributed by atoms with Crippen LogP contribution in [-0.2, 0) is 4.79 Å². The monoisotopic (exact) mass is 200 g/mol. The average molecular weight is 200 g/mol. The van der Waals surface area contributed by atoms with Crippen molar-refractivity contribution in [2.45, 2.75) is 0 Å². The maximum absolute atomic E-state index is 11.1. The molecule has 0 saturated carbocycles. The number of carbonyl (C=O) groups excluding carboxylic acids is 1. The quantitative estimate of drug-likeness (QED) is 0.568. The maximum atomic E-state index is 11.1. The van der Waals surface area contributed by atoms with Gasteiger partial charge in [0.2, 0.25) is 5.91 Å².